The Balaban J connectivity index is 0.00000182. The summed E-state index contributed by atoms with van der Waals surface area (Å²) >= 11 is 5.31. The number of amides is 3. The van der Waals surface area contributed by atoms with E-state index in [0.717, 1.165) is 51.2 Å². The Morgan fingerprint density at radius 2 is 1.62 bits per heavy atom. The largest absolute Gasteiger partial charge is 0.490 e. The highest BCUT2D eigenvalue weighted by atomic mass is 33.1. The molecule has 40 heteroatoms. The second kappa shape index (κ2) is 34.9. The Kier molecular flexibility index (Phi) is 29.6. The maximum Gasteiger partial charge on any atom is 0.490 e. The number of benzene rings is 3. The van der Waals surface area contributed by atoms with Crippen molar-refractivity contribution in [3.8, 4) is 34.3 Å². The van der Waals surface area contributed by atoms with Crippen molar-refractivity contribution in [3.05, 3.63) is 104 Å². The van der Waals surface area contributed by atoms with Crippen molar-refractivity contribution in [3.63, 3.8) is 0 Å². The normalized spacial score (nSPS) is 16.4. The van der Waals surface area contributed by atoms with Crippen LogP contribution in [-0.4, -0.2) is 135 Å². The van der Waals surface area contributed by atoms with Crippen LogP contribution in [0.25, 0.3) is 33.4 Å². The van der Waals surface area contributed by atoms with E-state index in [9.17, 15) is 42.7 Å². The number of H-pyrrole nitrogens is 1. The summed E-state index contributed by atoms with van der Waals surface area (Å²) in [6.07, 6.45) is -0.110. The first-order valence-corrected chi connectivity index (χ1v) is 35.8. The minimum Gasteiger partial charge on any atom is -0.456 e. The van der Waals surface area contributed by atoms with Gasteiger partial charge >= 0.3 is 56.4 Å². The van der Waals surface area contributed by atoms with Gasteiger partial charge in [0.1, 0.15) is 35.2 Å². The second-order valence-corrected chi connectivity index (χ2v) is 28.0. The molecule has 31 nitrogen and oxygen atoms in total. The number of phosphoric acid groups is 3. The minimum absolute atomic E-state index is 0.0385. The number of nitrogens with two attached hydrogens (primary N) is 2. The van der Waals surface area contributed by atoms with E-state index in [0.29, 0.717) is 71.5 Å². The number of nitrogens with one attached hydrogen (secondary N) is 4. The minimum atomic E-state index is -5.79. The summed E-state index contributed by atoms with van der Waals surface area (Å²) in [6.45, 7) is 4.16. The quantitative estimate of drug-likeness (QED) is 0.00673. The SMILES string of the molecule is CCS(=S)CO[C@@H]1C[C@H](n2cc(C#CCNC(=O)NCCCCCOCSSCCNC(=O)c3ccc(C)c(-c4c5ccc(=[NH2+])cc-5oc5cc(N)ccc45)c3)c(=O)[nH]c2=O)O[C@@H]1COP(=O)(O)OP(=O)(O)OP(=O)(O)O.O=S(=O)=O.O=S(=O)=O. The van der Waals surface area contributed by atoms with Crippen LogP contribution >= 0.6 is 45.1 Å². The highest BCUT2D eigenvalue weighted by molar-refractivity contribution is 8.76. The lowest BCUT2D eigenvalue weighted by atomic mass is 9.90. The molecule has 2 aliphatic heterocycles. The van der Waals surface area contributed by atoms with Gasteiger partial charge in [-0.25, -0.2) is 23.3 Å². The highest BCUT2D eigenvalue weighted by Gasteiger charge is 2.44. The first-order valence-electron chi connectivity index (χ1n) is 24.3. The van der Waals surface area contributed by atoms with Crippen molar-refractivity contribution in [1.29, 1.82) is 0 Å². The van der Waals surface area contributed by atoms with Gasteiger partial charge in [0.2, 0.25) is 0 Å². The monoisotopic (exact) mass is 1360 g/mol. The third kappa shape index (κ3) is 25.9. The first-order chi connectivity index (χ1) is 40.0. The maximum atomic E-state index is 13.3. The molecule has 0 spiro atoms. The number of aryl methyl sites for hydroxylation is 1. The molecule has 2 aromatic carbocycles. The zero-order valence-corrected chi connectivity index (χ0v) is 52.1. The molecule has 0 saturated carbocycles. The molecule has 3 heterocycles. The number of anilines is 1. The Labute approximate surface area is 501 Å². The fraction of sp³-hybridized carbons (Fsp3) is 0.400. The standard InChI is InChI=1S/C45H56N7O18P3S4.2O3S/c1-3-77(74)27-65-38-23-40(68-39(38)25-66-72(60,61)70-73(62,63)69-71(57,58)59)52-24-30(43(54)51-45(52)56)8-7-16-50-44(55)49-15-5-4-6-18-64-26-76-75-19-17-48-42(53)29-10-9-28(2)35(20-29)41-33-13-11-31(46)21-36(33)67-37-22-32(47)12-14-34(37)41;2*1-4(2)3/h9-14,20-22,24,38-40,46H,3-6,15-19,23,25-27,47H2,1-2H3,(H,48,53)(H,60,61)(H,62,63)(H2,49,50,55)(H,51,54,56)(H2,57,58,59);;/p+1/t38-,39-,40-,77?;;/m1../s1. The Bertz CT molecular complexity index is 3760. The molecule has 3 unspecified atom stereocenters. The predicted molar refractivity (Wildman–Crippen MR) is 312 cm³/mol. The zero-order chi connectivity index (χ0) is 63.1. The number of carbonyl (C=O) groups excluding carboxylic acids is 2. The number of phosphoric ester groups is 1. The van der Waals surface area contributed by atoms with E-state index in [1.807, 2.05) is 56.3 Å². The molecule has 1 saturated heterocycles. The fourth-order valence-corrected chi connectivity index (χ4v) is 12.7. The van der Waals surface area contributed by atoms with Crippen molar-refractivity contribution in [1.82, 2.24) is 25.5 Å². The van der Waals surface area contributed by atoms with Crippen LogP contribution in [0.2, 0.25) is 0 Å². The number of rotatable bonds is 27. The number of aromatic nitrogens is 2. The number of urea groups is 1. The van der Waals surface area contributed by atoms with Gasteiger partial charge < -0.3 is 59.9 Å². The average Bonchev–Trinajstić information content (AvgIpc) is 1.35. The summed E-state index contributed by atoms with van der Waals surface area (Å²) in [5, 5.41) is 15.8. The molecule has 3 aromatic rings. The van der Waals surface area contributed by atoms with Crippen molar-refractivity contribution in [2.45, 2.75) is 58.0 Å². The van der Waals surface area contributed by atoms with E-state index in [1.54, 1.807) is 33.7 Å². The molecule has 6 atom stereocenters. The number of ether oxygens (including phenoxy) is 3. The lowest BCUT2D eigenvalue weighted by Gasteiger charge is -2.21. The van der Waals surface area contributed by atoms with Gasteiger partial charge in [-0.05, 0) is 84.6 Å². The second-order valence-electron chi connectivity index (χ2n) is 17.1. The van der Waals surface area contributed by atoms with Gasteiger partial charge in [0.05, 0.1) is 31.3 Å². The third-order valence-corrected chi connectivity index (χ3v) is 19.0. The number of hydrogen-bond acceptors (Lipinski definition) is 24. The Morgan fingerprint density at radius 1 is 0.906 bits per heavy atom. The lowest BCUT2D eigenvalue weighted by molar-refractivity contribution is -0.172. The van der Waals surface area contributed by atoms with E-state index in [2.05, 4.69) is 41.4 Å². The Morgan fingerprint density at radius 3 is 2.32 bits per heavy atom. The van der Waals surface area contributed by atoms with Gasteiger partial charge in [0.15, 0.2) is 5.36 Å². The molecule has 3 aliphatic rings. The van der Waals surface area contributed by atoms with E-state index >= 15 is 0 Å². The van der Waals surface area contributed by atoms with Crippen molar-refractivity contribution in [2.75, 3.05) is 62.0 Å². The van der Waals surface area contributed by atoms with Crippen LogP contribution in [0.4, 0.5) is 10.5 Å². The van der Waals surface area contributed by atoms with Gasteiger partial charge in [0.25, 0.3) is 11.5 Å². The smallest absolute Gasteiger partial charge is 0.456 e. The van der Waals surface area contributed by atoms with Crippen molar-refractivity contribution >= 4 is 116 Å². The summed E-state index contributed by atoms with van der Waals surface area (Å²) in [7, 11) is -20.7. The molecule has 1 fully saturated rings. The Hall–Kier alpha value is -5.29. The van der Waals surface area contributed by atoms with E-state index in [1.165, 1.54) is 0 Å². The van der Waals surface area contributed by atoms with Crippen molar-refractivity contribution < 1.29 is 105 Å². The topological polar surface area (TPSA) is 480 Å². The molecule has 466 valence electrons. The molecule has 3 amide bonds. The lowest BCUT2D eigenvalue weighted by Crippen LogP contribution is -2.44. The van der Waals surface area contributed by atoms with E-state index < -0.39 is 96.5 Å². The summed E-state index contributed by atoms with van der Waals surface area (Å²) in [5.74, 6) is 7.39. The summed E-state index contributed by atoms with van der Waals surface area (Å²) in [5.41, 5.74) is 9.53. The van der Waals surface area contributed by atoms with Crippen LogP contribution in [0, 0.1) is 18.8 Å². The average molecular weight is 1370 g/mol. The number of unbranched alkanes of at least 4 members (excludes halogenated alkanes) is 2. The van der Waals surface area contributed by atoms with Crippen LogP contribution in [0.15, 0.2) is 74.8 Å². The molecule has 1 aromatic heterocycles. The van der Waals surface area contributed by atoms with E-state index in [4.69, 9.17) is 80.5 Å². The van der Waals surface area contributed by atoms with Crippen LogP contribution in [0.3, 0.4) is 0 Å². The van der Waals surface area contributed by atoms with Crippen molar-refractivity contribution in [2.24, 2.45) is 0 Å². The van der Waals surface area contributed by atoms with Gasteiger partial charge in [-0.3, -0.25) is 29.1 Å². The number of carbonyl (C=O) groups is 2. The molecule has 1 aliphatic carbocycles. The first kappa shape index (κ1) is 72.2. The van der Waals surface area contributed by atoms with Gasteiger partial charge in [-0.2, -0.15) is 8.62 Å². The van der Waals surface area contributed by atoms with Gasteiger partial charge in [0, 0.05) is 78.0 Å². The molecule has 6 rings (SSSR count). The van der Waals surface area contributed by atoms with Crippen LogP contribution < -0.4 is 43.7 Å². The highest BCUT2D eigenvalue weighted by Crippen LogP contribution is 2.66. The van der Waals surface area contributed by atoms with Gasteiger partial charge in [-0.15, -0.1) is 25.3 Å². The summed E-state index contributed by atoms with van der Waals surface area (Å²) in [6, 6.07) is 16.2. The number of aromatic amines is 1. The molecular formula is C45H57N7O24P3S6+. The maximum absolute atomic E-state index is 13.3. The molecular weight excluding hydrogens is 1310 g/mol. The van der Waals surface area contributed by atoms with E-state index in [-0.39, 0.29) is 30.4 Å². The molecule has 0 radical (unpaired) electrons. The number of nitrogen functional groups attached to an aromatic ring is 1. The number of nitrogens with zero attached hydrogens (tertiary/aromatic N) is 1. The third-order valence-electron chi connectivity index (χ3n) is 11.0. The summed E-state index contributed by atoms with van der Waals surface area (Å²) in [4.78, 5) is 90.2. The van der Waals surface area contributed by atoms with Gasteiger partial charge in [-0.1, -0.05) is 55.9 Å². The van der Waals surface area contributed by atoms with Crippen LogP contribution in [0.5, 0.6) is 0 Å². The molecule has 85 heavy (non-hydrogen) atoms. The molecule has 0 bridgehead atoms. The zero-order valence-electron chi connectivity index (χ0n) is 44.5. The number of fused-ring (bicyclic) bond motifs is 2. The predicted octanol–water partition coefficient (Wildman–Crippen LogP) is 1.28. The summed E-state index contributed by atoms with van der Waals surface area (Å²) < 4.78 is 123. The van der Waals surface area contributed by atoms with Crippen LogP contribution in [-0.2, 0) is 82.9 Å². The fourth-order valence-electron chi connectivity index (χ4n) is 7.48. The number of hydrogen-bond donors (Lipinski definition) is 10. The molecule has 12 N–H and O–H groups in total. The van der Waals surface area contributed by atoms with Crippen LogP contribution in [0.1, 0.15) is 60.3 Å².